The van der Waals surface area contributed by atoms with Crippen LogP contribution in [0.1, 0.15) is 16.2 Å². The summed E-state index contributed by atoms with van der Waals surface area (Å²) in [6.45, 7) is 4.97. The van der Waals surface area contributed by atoms with Crippen molar-refractivity contribution in [1.82, 2.24) is 24.9 Å². The van der Waals surface area contributed by atoms with E-state index >= 15 is 0 Å². The van der Waals surface area contributed by atoms with Crippen molar-refractivity contribution in [3.05, 3.63) is 29.8 Å². The number of piperazine rings is 1. The Balaban J connectivity index is 1.71. The molecule has 1 N–H and O–H groups in total. The van der Waals surface area contributed by atoms with E-state index in [1.807, 2.05) is 4.90 Å². The molecule has 22 heavy (non-hydrogen) atoms. The molecule has 0 bridgehead atoms. The molecular weight excluding hydrogens is 284 g/mol. The third-order valence-electron chi connectivity index (χ3n) is 3.53. The van der Waals surface area contributed by atoms with Gasteiger partial charge < -0.3 is 19.6 Å². The van der Waals surface area contributed by atoms with E-state index in [0.29, 0.717) is 36.3 Å². The Hall–Kier alpha value is -2.48. The monoisotopic (exact) mass is 302 g/mol. The zero-order valence-electron chi connectivity index (χ0n) is 12.6. The molecule has 2 aromatic heterocycles. The summed E-state index contributed by atoms with van der Waals surface area (Å²) in [4.78, 5) is 24.8. The van der Waals surface area contributed by atoms with E-state index in [0.717, 1.165) is 13.1 Å². The van der Waals surface area contributed by atoms with Crippen LogP contribution in [0.15, 0.2) is 22.9 Å². The van der Waals surface area contributed by atoms with Crippen molar-refractivity contribution in [2.75, 3.05) is 38.5 Å². The Labute approximate surface area is 128 Å². The van der Waals surface area contributed by atoms with Gasteiger partial charge in [0.2, 0.25) is 5.95 Å². The van der Waals surface area contributed by atoms with E-state index < -0.39 is 0 Å². The number of hydrogen-bond donors (Lipinski definition) is 1. The van der Waals surface area contributed by atoms with Gasteiger partial charge in [0.15, 0.2) is 5.82 Å². The van der Waals surface area contributed by atoms with Crippen LogP contribution in [-0.2, 0) is 0 Å². The first-order chi connectivity index (χ1) is 10.6. The summed E-state index contributed by atoms with van der Waals surface area (Å²) in [6, 6.07) is 3.36. The maximum absolute atomic E-state index is 12.5. The maximum atomic E-state index is 12.5. The highest BCUT2D eigenvalue weighted by Gasteiger charge is 2.21. The van der Waals surface area contributed by atoms with Crippen molar-refractivity contribution >= 4 is 17.7 Å². The molecule has 0 spiro atoms. The van der Waals surface area contributed by atoms with Crippen LogP contribution in [0.2, 0.25) is 0 Å². The van der Waals surface area contributed by atoms with Crippen LogP contribution < -0.4 is 5.32 Å². The fourth-order valence-corrected chi connectivity index (χ4v) is 2.25. The molecule has 1 fully saturated rings. The van der Waals surface area contributed by atoms with Crippen molar-refractivity contribution in [3.63, 3.8) is 0 Å². The fraction of sp³-hybridized carbons (Fsp3) is 0.429. The van der Waals surface area contributed by atoms with Gasteiger partial charge in [0.25, 0.3) is 5.91 Å². The second-order valence-electron chi connectivity index (χ2n) is 5.31. The van der Waals surface area contributed by atoms with Crippen LogP contribution in [-0.4, -0.2) is 64.1 Å². The van der Waals surface area contributed by atoms with Crippen LogP contribution in [0.4, 0.5) is 11.8 Å². The lowest BCUT2D eigenvalue weighted by Crippen LogP contribution is -2.47. The van der Waals surface area contributed by atoms with E-state index in [1.165, 1.54) is 0 Å². The summed E-state index contributed by atoms with van der Waals surface area (Å²) in [5.74, 6) is 1.46. The van der Waals surface area contributed by atoms with Gasteiger partial charge in [-0.15, -0.1) is 0 Å². The Bertz CT molecular complexity index is 663. The fourth-order valence-electron chi connectivity index (χ4n) is 2.25. The normalized spacial score (nSPS) is 15.8. The standard InChI is InChI=1S/C14H18N6O2/c1-10-9-12(18-22-10)17-14-15-4-3-11(16-14)13(21)20-7-5-19(2)6-8-20/h3-4,9H,5-8H2,1-2H3,(H,15,16,17,18). The summed E-state index contributed by atoms with van der Waals surface area (Å²) in [6.07, 6.45) is 1.56. The average Bonchev–Trinajstić information content (AvgIpc) is 2.93. The van der Waals surface area contributed by atoms with E-state index in [-0.39, 0.29) is 5.91 Å². The lowest BCUT2D eigenvalue weighted by atomic mass is 10.3. The topological polar surface area (TPSA) is 87.4 Å². The quantitative estimate of drug-likeness (QED) is 0.901. The van der Waals surface area contributed by atoms with E-state index in [2.05, 4.69) is 32.4 Å². The lowest BCUT2D eigenvalue weighted by Gasteiger charge is -2.32. The third kappa shape index (κ3) is 3.22. The zero-order valence-corrected chi connectivity index (χ0v) is 12.6. The molecule has 0 unspecified atom stereocenters. The zero-order chi connectivity index (χ0) is 15.5. The number of anilines is 2. The Morgan fingerprint density at radius 2 is 2.09 bits per heavy atom. The number of hydrogen-bond acceptors (Lipinski definition) is 7. The first-order valence-electron chi connectivity index (χ1n) is 7.13. The number of nitrogens with one attached hydrogen (secondary N) is 1. The molecule has 1 aliphatic heterocycles. The Morgan fingerprint density at radius 1 is 1.32 bits per heavy atom. The van der Waals surface area contributed by atoms with Crippen LogP contribution in [0.3, 0.4) is 0 Å². The number of nitrogens with zero attached hydrogens (tertiary/aromatic N) is 5. The predicted molar refractivity (Wildman–Crippen MR) is 80.0 cm³/mol. The number of aromatic nitrogens is 3. The number of carbonyl (C=O) groups excluding carboxylic acids is 1. The summed E-state index contributed by atoms with van der Waals surface area (Å²) in [5, 5.41) is 6.74. The minimum Gasteiger partial charge on any atom is -0.360 e. The maximum Gasteiger partial charge on any atom is 0.272 e. The molecule has 1 aliphatic rings. The van der Waals surface area contributed by atoms with Gasteiger partial charge in [-0.3, -0.25) is 4.79 Å². The highest BCUT2D eigenvalue weighted by molar-refractivity contribution is 5.92. The largest absolute Gasteiger partial charge is 0.360 e. The number of aryl methyl sites for hydroxylation is 1. The van der Waals surface area contributed by atoms with Crippen molar-refractivity contribution in [3.8, 4) is 0 Å². The molecule has 1 amide bonds. The van der Waals surface area contributed by atoms with Crippen molar-refractivity contribution in [2.24, 2.45) is 0 Å². The van der Waals surface area contributed by atoms with Gasteiger partial charge in [0.05, 0.1) is 0 Å². The number of carbonyl (C=O) groups is 1. The smallest absolute Gasteiger partial charge is 0.272 e. The predicted octanol–water partition coefficient (Wildman–Crippen LogP) is 0.904. The van der Waals surface area contributed by atoms with Crippen molar-refractivity contribution in [1.29, 1.82) is 0 Å². The van der Waals surface area contributed by atoms with E-state index in [4.69, 9.17) is 4.52 Å². The van der Waals surface area contributed by atoms with Crippen molar-refractivity contribution < 1.29 is 9.32 Å². The van der Waals surface area contributed by atoms with Gasteiger partial charge >= 0.3 is 0 Å². The second-order valence-corrected chi connectivity index (χ2v) is 5.31. The van der Waals surface area contributed by atoms with Crippen LogP contribution in [0.5, 0.6) is 0 Å². The molecule has 0 atom stereocenters. The molecule has 8 heteroatoms. The van der Waals surface area contributed by atoms with Gasteiger partial charge in [-0.1, -0.05) is 5.16 Å². The van der Waals surface area contributed by atoms with Crippen LogP contribution in [0, 0.1) is 6.92 Å². The summed E-state index contributed by atoms with van der Waals surface area (Å²) in [7, 11) is 2.05. The van der Waals surface area contributed by atoms with Gasteiger partial charge in [-0.25, -0.2) is 9.97 Å². The molecule has 3 rings (SSSR count). The molecule has 3 heterocycles. The molecular formula is C14H18N6O2. The molecule has 8 nitrogen and oxygen atoms in total. The highest BCUT2D eigenvalue weighted by Crippen LogP contribution is 2.13. The number of likely N-dealkylation sites (N-methyl/N-ethyl adjacent to an activating group) is 1. The van der Waals surface area contributed by atoms with E-state index in [9.17, 15) is 4.79 Å². The summed E-state index contributed by atoms with van der Waals surface area (Å²) in [5.41, 5.74) is 0.377. The van der Waals surface area contributed by atoms with Gasteiger partial charge in [-0.2, -0.15) is 0 Å². The second kappa shape index (κ2) is 6.10. The van der Waals surface area contributed by atoms with Gasteiger partial charge in [-0.05, 0) is 20.0 Å². The van der Waals surface area contributed by atoms with Gasteiger partial charge in [0.1, 0.15) is 11.5 Å². The average molecular weight is 302 g/mol. The minimum atomic E-state index is -0.0742. The van der Waals surface area contributed by atoms with Crippen LogP contribution in [0.25, 0.3) is 0 Å². The SMILES string of the molecule is Cc1cc(Nc2nccc(C(=O)N3CCN(C)CC3)n2)no1. The molecule has 0 aliphatic carbocycles. The summed E-state index contributed by atoms with van der Waals surface area (Å²) < 4.78 is 4.97. The molecule has 1 saturated heterocycles. The molecule has 0 radical (unpaired) electrons. The van der Waals surface area contributed by atoms with Crippen molar-refractivity contribution in [2.45, 2.75) is 6.92 Å². The molecule has 0 saturated carbocycles. The van der Waals surface area contributed by atoms with Gasteiger partial charge in [0, 0.05) is 38.4 Å². The summed E-state index contributed by atoms with van der Waals surface area (Å²) >= 11 is 0. The first kappa shape index (κ1) is 14.5. The Morgan fingerprint density at radius 3 is 2.77 bits per heavy atom. The molecule has 2 aromatic rings. The highest BCUT2D eigenvalue weighted by atomic mass is 16.5. The lowest BCUT2D eigenvalue weighted by molar-refractivity contribution is 0.0658. The molecule has 116 valence electrons. The number of rotatable bonds is 3. The number of amides is 1. The van der Waals surface area contributed by atoms with Crippen LogP contribution >= 0.6 is 0 Å². The Kier molecular flexibility index (Phi) is 4.01. The first-order valence-corrected chi connectivity index (χ1v) is 7.13. The molecule has 0 aromatic carbocycles. The van der Waals surface area contributed by atoms with E-state index in [1.54, 1.807) is 25.3 Å². The third-order valence-corrected chi connectivity index (χ3v) is 3.53. The minimum absolute atomic E-state index is 0.0742.